The van der Waals surface area contributed by atoms with Crippen LogP contribution in [0.25, 0.3) is 12.2 Å². The highest BCUT2D eigenvalue weighted by atomic mass is 32.2. The quantitative estimate of drug-likeness (QED) is 0.102. The van der Waals surface area contributed by atoms with Crippen molar-refractivity contribution >= 4 is 41.0 Å². The average molecular weight is 649 g/mol. The second-order valence-electron chi connectivity index (χ2n) is 11.4. The molecule has 238 valence electrons. The average Bonchev–Trinajstić information content (AvgIpc) is 3.02. The standard InChI is InChI=1S/C35H40O8SSi/c1-35(2,3)45(27-15-11-9-12-16-27,28-17-13-10-14-18-28)43-34-29(38-4)22-21-26(32(34)42-44(8,36)37)20-19-25-23-30(39-5)33(41-7)31(24-25)40-6/h9-24H,1-8H3/b20-19-. The van der Waals surface area contributed by atoms with E-state index in [0.29, 0.717) is 28.6 Å². The maximum Gasteiger partial charge on any atom is 0.320 e. The van der Waals surface area contributed by atoms with Crippen LogP contribution in [0.4, 0.5) is 0 Å². The third kappa shape index (κ3) is 7.13. The van der Waals surface area contributed by atoms with E-state index in [4.69, 9.17) is 27.6 Å². The number of hydrogen-bond acceptors (Lipinski definition) is 8. The Morgan fingerprint density at radius 1 is 0.622 bits per heavy atom. The minimum atomic E-state index is -3.99. The summed E-state index contributed by atoms with van der Waals surface area (Å²) in [5, 5.41) is 1.61. The molecule has 45 heavy (non-hydrogen) atoms. The van der Waals surface area contributed by atoms with E-state index in [1.165, 1.54) is 14.2 Å². The van der Waals surface area contributed by atoms with Crippen LogP contribution in [0.5, 0.6) is 34.5 Å². The van der Waals surface area contributed by atoms with E-state index >= 15 is 0 Å². The van der Waals surface area contributed by atoms with Gasteiger partial charge in [0.25, 0.3) is 0 Å². The van der Waals surface area contributed by atoms with E-state index in [1.807, 2.05) is 36.4 Å². The molecule has 8 nitrogen and oxygen atoms in total. The van der Waals surface area contributed by atoms with Crippen LogP contribution in [-0.4, -0.2) is 51.4 Å². The fraction of sp³-hybridized carbons (Fsp3) is 0.257. The van der Waals surface area contributed by atoms with Gasteiger partial charge in [0.15, 0.2) is 28.7 Å². The van der Waals surface area contributed by atoms with Gasteiger partial charge >= 0.3 is 18.4 Å². The number of benzene rings is 4. The lowest BCUT2D eigenvalue weighted by Crippen LogP contribution is -2.68. The highest BCUT2D eigenvalue weighted by Gasteiger charge is 2.53. The molecule has 0 bridgehead atoms. The van der Waals surface area contributed by atoms with E-state index in [1.54, 1.807) is 50.6 Å². The largest absolute Gasteiger partial charge is 0.529 e. The minimum Gasteiger partial charge on any atom is -0.529 e. The summed E-state index contributed by atoms with van der Waals surface area (Å²) < 4.78 is 60.7. The van der Waals surface area contributed by atoms with Crippen LogP contribution >= 0.6 is 0 Å². The molecule has 0 amide bonds. The van der Waals surface area contributed by atoms with Crippen molar-refractivity contribution < 1.29 is 36.0 Å². The first-order valence-electron chi connectivity index (χ1n) is 14.3. The zero-order chi connectivity index (χ0) is 32.8. The maximum absolute atomic E-state index is 12.7. The van der Waals surface area contributed by atoms with Crippen LogP contribution in [0.2, 0.25) is 5.04 Å². The first kappa shape index (κ1) is 33.5. The van der Waals surface area contributed by atoms with E-state index in [2.05, 4.69) is 45.0 Å². The molecule has 0 spiro atoms. The van der Waals surface area contributed by atoms with Crippen LogP contribution in [0.1, 0.15) is 31.9 Å². The molecular formula is C35H40O8SSi. The van der Waals surface area contributed by atoms with Gasteiger partial charge in [0, 0.05) is 5.56 Å². The topological polar surface area (TPSA) is 89.5 Å². The Kier molecular flexibility index (Phi) is 10.2. The van der Waals surface area contributed by atoms with Crippen molar-refractivity contribution in [1.82, 2.24) is 0 Å². The molecule has 0 unspecified atom stereocenters. The number of methoxy groups -OCH3 is 4. The highest BCUT2D eigenvalue weighted by Crippen LogP contribution is 2.47. The Labute approximate surface area is 267 Å². The summed E-state index contributed by atoms with van der Waals surface area (Å²) in [7, 11) is -1.07. The Morgan fingerprint density at radius 3 is 1.56 bits per heavy atom. The Bertz CT molecular complexity index is 1680. The lowest BCUT2D eigenvalue weighted by Gasteiger charge is -2.43. The first-order valence-corrected chi connectivity index (χ1v) is 18.0. The molecule has 0 saturated carbocycles. The van der Waals surface area contributed by atoms with E-state index < -0.39 is 23.5 Å². The van der Waals surface area contributed by atoms with Crippen LogP contribution < -0.4 is 37.9 Å². The van der Waals surface area contributed by atoms with Gasteiger partial charge < -0.3 is 27.6 Å². The predicted molar refractivity (Wildman–Crippen MR) is 182 cm³/mol. The van der Waals surface area contributed by atoms with Crippen LogP contribution in [-0.2, 0) is 10.1 Å². The normalized spacial score (nSPS) is 12.1. The Balaban J connectivity index is 2.00. The van der Waals surface area contributed by atoms with Crippen molar-refractivity contribution in [3.05, 3.63) is 96.1 Å². The Morgan fingerprint density at radius 2 is 1.13 bits per heavy atom. The van der Waals surface area contributed by atoms with Crippen molar-refractivity contribution in [3.63, 3.8) is 0 Å². The summed E-state index contributed by atoms with van der Waals surface area (Å²) in [6, 6.07) is 27.1. The van der Waals surface area contributed by atoms with Gasteiger partial charge in [-0.3, -0.25) is 0 Å². The van der Waals surface area contributed by atoms with Gasteiger partial charge in [0.05, 0.1) is 34.7 Å². The smallest absolute Gasteiger partial charge is 0.320 e. The molecule has 0 saturated heterocycles. The van der Waals surface area contributed by atoms with Gasteiger partial charge in [-0.05, 0) is 45.2 Å². The molecule has 4 rings (SSSR count). The summed E-state index contributed by atoms with van der Waals surface area (Å²) in [6.07, 6.45) is 4.55. The van der Waals surface area contributed by atoms with Crippen LogP contribution in [0.3, 0.4) is 0 Å². The fourth-order valence-corrected chi connectivity index (χ4v) is 10.3. The number of hydrogen-bond donors (Lipinski definition) is 0. The monoisotopic (exact) mass is 648 g/mol. The molecule has 0 heterocycles. The molecule has 4 aromatic carbocycles. The highest BCUT2D eigenvalue weighted by molar-refractivity contribution is 7.86. The SMILES string of the molecule is COc1cc(/C=C\c2ccc(OC)c(O[Si](c3ccccc3)(c3ccccc3)C(C)(C)C)c2OS(C)(=O)=O)cc(OC)c1OC. The third-order valence-corrected chi connectivity index (χ3v) is 12.8. The van der Waals surface area contributed by atoms with Crippen molar-refractivity contribution in [2.45, 2.75) is 25.8 Å². The molecular weight excluding hydrogens is 609 g/mol. The molecule has 0 aliphatic heterocycles. The van der Waals surface area contributed by atoms with Gasteiger partial charge in [0.2, 0.25) is 5.75 Å². The first-order chi connectivity index (χ1) is 21.4. The lowest BCUT2D eigenvalue weighted by molar-refractivity contribution is 0.324. The molecule has 0 aliphatic carbocycles. The molecule has 10 heteroatoms. The number of ether oxygens (including phenoxy) is 4. The molecule has 0 N–H and O–H groups in total. The van der Waals surface area contributed by atoms with E-state index in [-0.39, 0.29) is 11.5 Å². The van der Waals surface area contributed by atoms with Crippen LogP contribution in [0.15, 0.2) is 84.9 Å². The van der Waals surface area contributed by atoms with Gasteiger partial charge in [-0.1, -0.05) is 93.6 Å². The predicted octanol–water partition coefficient (Wildman–Crippen LogP) is 6.17. The molecule has 0 fully saturated rings. The van der Waals surface area contributed by atoms with Crippen molar-refractivity contribution in [2.75, 3.05) is 34.7 Å². The molecule has 4 aromatic rings. The summed E-state index contributed by atoms with van der Waals surface area (Å²) in [4.78, 5) is 0. The summed E-state index contributed by atoms with van der Waals surface area (Å²) in [5.74, 6) is 1.98. The fourth-order valence-electron chi connectivity index (χ4n) is 5.37. The molecule has 0 aliphatic rings. The summed E-state index contributed by atoms with van der Waals surface area (Å²) >= 11 is 0. The summed E-state index contributed by atoms with van der Waals surface area (Å²) in [6.45, 7) is 6.41. The third-order valence-electron chi connectivity index (χ3n) is 7.38. The van der Waals surface area contributed by atoms with Crippen molar-refractivity contribution in [3.8, 4) is 34.5 Å². The molecule has 0 radical (unpaired) electrons. The zero-order valence-corrected chi connectivity index (χ0v) is 28.7. The second-order valence-corrected chi connectivity index (χ2v) is 17.2. The van der Waals surface area contributed by atoms with Gasteiger partial charge in [0.1, 0.15) is 0 Å². The van der Waals surface area contributed by atoms with E-state index in [0.717, 1.165) is 22.2 Å². The second kappa shape index (κ2) is 13.7. The van der Waals surface area contributed by atoms with Gasteiger partial charge in [-0.2, -0.15) is 8.42 Å². The minimum absolute atomic E-state index is 0.0218. The Hall–Kier alpha value is -4.41. The van der Waals surface area contributed by atoms with Crippen molar-refractivity contribution in [1.29, 1.82) is 0 Å². The van der Waals surface area contributed by atoms with E-state index in [9.17, 15) is 8.42 Å². The van der Waals surface area contributed by atoms with Crippen molar-refractivity contribution in [2.24, 2.45) is 0 Å². The molecule has 0 aromatic heterocycles. The summed E-state index contributed by atoms with van der Waals surface area (Å²) in [5.41, 5.74) is 1.18. The lowest BCUT2D eigenvalue weighted by atomic mass is 10.1. The van der Waals surface area contributed by atoms with Gasteiger partial charge in [-0.25, -0.2) is 0 Å². The van der Waals surface area contributed by atoms with Crippen LogP contribution in [0, 0.1) is 0 Å². The molecule has 0 atom stereocenters. The van der Waals surface area contributed by atoms with Gasteiger partial charge in [-0.15, -0.1) is 0 Å². The zero-order valence-electron chi connectivity index (χ0n) is 26.9. The number of rotatable bonds is 12. The maximum atomic E-state index is 12.7.